The third kappa shape index (κ3) is 4.26. The second-order valence-corrected chi connectivity index (χ2v) is 4.56. The van der Waals surface area contributed by atoms with Crippen LogP contribution in [-0.4, -0.2) is 29.0 Å². The molecule has 1 aliphatic heterocycles. The van der Waals surface area contributed by atoms with E-state index in [4.69, 9.17) is 5.73 Å². The maximum Gasteiger partial charge on any atom is 0.0312 e. The molecule has 0 amide bonds. The third-order valence-corrected chi connectivity index (χ3v) is 3.36. The van der Waals surface area contributed by atoms with Crippen molar-refractivity contribution in [3.05, 3.63) is 30.1 Å². The average Bonchev–Trinajstić information content (AvgIpc) is 2.33. The Bertz CT molecular complexity index is 303. The van der Waals surface area contributed by atoms with Gasteiger partial charge in [0.1, 0.15) is 0 Å². The van der Waals surface area contributed by atoms with Gasteiger partial charge in [0.25, 0.3) is 0 Å². The first-order valence-electron chi connectivity index (χ1n) is 6.23. The van der Waals surface area contributed by atoms with E-state index in [-0.39, 0.29) is 12.4 Å². The molecule has 3 nitrogen and oxygen atoms in total. The number of hydrogen-bond acceptors (Lipinski definition) is 3. The molecular weight excluding hydrogens is 234 g/mol. The molecule has 0 radical (unpaired) electrons. The fourth-order valence-electron chi connectivity index (χ4n) is 2.51. The van der Waals surface area contributed by atoms with Crippen LogP contribution in [0.1, 0.15) is 31.2 Å². The number of nitrogens with two attached hydrogens (primary N) is 1. The van der Waals surface area contributed by atoms with Crippen LogP contribution in [0.2, 0.25) is 0 Å². The summed E-state index contributed by atoms with van der Waals surface area (Å²) in [5.41, 5.74) is 6.99. The maximum atomic E-state index is 5.68. The monoisotopic (exact) mass is 255 g/mol. The van der Waals surface area contributed by atoms with Gasteiger partial charge in [-0.15, -0.1) is 12.4 Å². The van der Waals surface area contributed by atoms with Gasteiger partial charge in [-0.3, -0.25) is 9.88 Å². The van der Waals surface area contributed by atoms with Gasteiger partial charge in [-0.05, 0) is 44.0 Å². The molecule has 2 heterocycles. The molecule has 1 saturated heterocycles. The van der Waals surface area contributed by atoms with E-state index in [2.05, 4.69) is 16.0 Å². The Morgan fingerprint density at radius 3 is 3.00 bits per heavy atom. The number of pyridine rings is 1. The lowest BCUT2D eigenvalue weighted by atomic mass is 9.99. The fraction of sp³-hybridized carbons (Fsp3) is 0.615. The van der Waals surface area contributed by atoms with Crippen LogP contribution in [-0.2, 0) is 6.54 Å². The lowest BCUT2D eigenvalue weighted by Crippen LogP contribution is -2.40. The first-order chi connectivity index (χ1) is 7.90. The summed E-state index contributed by atoms with van der Waals surface area (Å²) in [7, 11) is 0. The van der Waals surface area contributed by atoms with Gasteiger partial charge in [0, 0.05) is 25.0 Å². The molecule has 1 unspecified atom stereocenters. The summed E-state index contributed by atoms with van der Waals surface area (Å²) < 4.78 is 0. The van der Waals surface area contributed by atoms with Crippen LogP contribution in [0.5, 0.6) is 0 Å². The molecule has 0 bridgehead atoms. The number of rotatable bonds is 4. The highest BCUT2D eigenvalue weighted by atomic mass is 35.5. The summed E-state index contributed by atoms with van der Waals surface area (Å²) in [6.45, 7) is 3.03. The van der Waals surface area contributed by atoms with Crippen molar-refractivity contribution in [2.45, 2.75) is 38.3 Å². The molecule has 0 aliphatic carbocycles. The van der Waals surface area contributed by atoms with E-state index in [1.165, 1.54) is 31.4 Å². The molecule has 1 aromatic heterocycles. The SMILES string of the molecule is Cl.NCCC1CCCCN1Cc1cccnc1. The lowest BCUT2D eigenvalue weighted by molar-refractivity contribution is 0.134. The Morgan fingerprint density at radius 2 is 2.29 bits per heavy atom. The van der Waals surface area contributed by atoms with Gasteiger partial charge in [0.05, 0.1) is 0 Å². The van der Waals surface area contributed by atoms with E-state index in [1.54, 1.807) is 0 Å². The molecule has 0 spiro atoms. The minimum absolute atomic E-state index is 0. The van der Waals surface area contributed by atoms with Crippen LogP contribution < -0.4 is 5.73 Å². The Labute approximate surface area is 110 Å². The van der Waals surface area contributed by atoms with Crippen LogP contribution in [0.3, 0.4) is 0 Å². The van der Waals surface area contributed by atoms with Crippen molar-refractivity contribution >= 4 is 12.4 Å². The Kier molecular flexibility index (Phi) is 6.48. The molecule has 96 valence electrons. The highest BCUT2D eigenvalue weighted by Gasteiger charge is 2.21. The van der Waals surface area contributed by atoms with Gasteiger partial charge in [-0.2, -0.15) is 0 Å². The van der Waals surface area contributed by atoms with Crippen molar-refractivity contribution < 1.29 is 0 Å². The summed E-state index contributed by atoms with van der Waals surface area (Å²) in [5.74, 6) is 0. The largest absolute Gasteiger partial charge is 0.330 e. The predicted octanol–water partition coefficient (Wildman–Crippen LogP) is 2.21. The molecule has 1 aromatic rings. The number of aromatic nitrogens is 1. The van der Waals surface area contributed by atoms with E-state index in [9.17, 15) is 0 Å². The Hall–Kier alpha value is -0.640. The van der Waals surface area contributed by atoms with Gasteiger partial charge in [0.15, 0.2) is 0 Å². The maximum absolute atomic E-state index is 5.68. The van der Waals surface area contributed by atoms with Crippen molar-refractivity contribution in [1.29, 1.82) is 0 Å². The predicted molar refractivity (Wildman–Crippen MR) is 73.2 cm³/mol. The van der Waals surface area contributed by atoms with Crippen LogP contribution in [0.15, 0.2) is 24.5 Å². The van der Waals surface area contributed by atoms with Crippen LogP contribution in [0, 0.1) is 0 Å². The molecule has 17 heavy (non-hydrogen) atoms. The first-order valence-corrected chi connectivity index (χ1v) is 6.23. The fourth-order valence-corrected chi connectivity index (χ4v) is 2.51. The lowest BCUT2D eigenvalue weighted by Gasteiger charge is -2.35. The van der Waals surface area contributed by atoms with Crippen molar-refractivity contribution in [2.24, 2.45) is 5.73 Å². The zero-order chi connectivity index (χ0) is 11.2. The number of hydrogen-bond donors (Lipinski definition) is 1. The van der Waals surface area contributed by atoms with Crippen LogP contribution >= 0.6 is 12.4 Å². The smallest absolute Gasteiger partial charge is 0.0312 e. The summed E-state index contributed by atoms with van der Waals surface area (Å²) in [4.78, 5) is 6.73. The number of halogens is 1. The number of likely N-dealkylation sites (tertiary alicyclic amines) is 1. The number of nitrogens with zero attached hydrogens (tertiary/aromatic N) is 2. The quantitative estimate of drug-likeness (QED) is 0.897. The molecule has 4 heteroatoms. The minimum atomic E-state index is 0. The first kappa shape index (κ1) is 14.4. The van der Waals surface area contributed by atoms with E-state index >= 15 is 0 Å². The van der Waals surface area contributed by atoms with Gasteiger partial charge >= 0.3 is 0 Å². The van der Waals surface area contributed by atoms with Crippen molar-refractivity contribution in [3.8, 4) is 0 Å². The molecule has 0 aromatic carbocycles. The molecule has 1 atom stereocenters. The summed E-state index contributed by atoms with van der Waals surface area (Å²) in [6.07, 6.45) is 8.90. The standard InChI is InChI=1S/C13H21N3.ClH/c14-7-6-13-5-1-2-9-16(13)11-12-4-3-8-15-10-12;/h3-4,8,10,13H,1-2,5-7,9,11,14H2;1H. The minimum Gasteiger partial charge on any atom is -0.330 e. The van der Waals surface area contributed by atoms with Crippen LogP contribution in [0.4, 0.5) is 0 Å². The zero-order valence-corrected chi connectivity index (χ0v) is 11.0. The average molecular weight is 256 g/mol. The van der Waals surface area contributed by atoms with Crippen molar-refractivity contribution in [3.63, 3.8) is 0 Å². The zero-order valence-electron chi connectivity index (χ0n) is 10.2. The molecule has 1 aliphatic rings. The molecular formula is C13H22ClN3. The van der Waals surface area contributed by atoms with E-state index in [0.717, 1.165) is 19.5 Å². The van der Waals surface area contributed by atoms with Gasteiger partial charge in [-0.1, -0.05) is 12.5 Å². The topological polar surface area (TPSA) is 42.1 Å². The van der Waals surface area contributed by atoms with E-state index in [0.29, 0.717) is 6.04 Å². The second kappa shape index (κ2) is 7.64. The second-order valence-electron chi connectivity index (χ2n) is 4.56. The Balaban J connectivity index is 0.00000144. The van der Waals surface area contributed by atoms with Crippen molar-refractivity contribution in [1.82, 2.24) is 9.88 Å². The Morgan fingerprint density at radius 1 is 1.41 bits per heavy atom. The summed E-state index contributed by atoms with van der Waals surface area (Å²) in [5, 5.41) is 0. The van der Waals surface area contributed by atoms with Gasteiger partial charge in [-0.25, -0.2) is 0 Å². The van der Waals surface area contributed by atoms with Gasteiger partial charge < -0.3 is 5.73 Å². The van der Waals surface area contributed by atoms with Crippen molar-refractivity contribution in [2.75, 3.05) is 13.1 Å². The summed E-state index contributed by atoms with van der Waals surface area (Å²) >= 11 is 0. The molecule has 1 fully saturated rings. The highest BCUT2D eigenvalue weighted by molar-refractivity contribution is 5.85. The van der Waals surface area contributed by atoms with E-state index < -0.39 is 0 Å². The van der Waals surface area contributed by atoms with Gasteiger partial charge in [0.2, 0.25) is 0 Å². The normalized spacial score (nSPS) is 20.9. The number of piperidine rings is 1. The highest BCUT2D eigenvalue weighted by Crippen LogP contribution is 2.21. The van der Waals surface area contributed by atoms with Crippen LogP contribution in [0.25, 0.3) is 0 Å². The third-order valence-electron chi connectivity index (χ3n) is 3.36. The molecule has 2 N–H and O–H groups in total. The van der Waals surface area contributed by atoms with E-state index in [1.807, 2.05) is 18.5 Å². The molecule has 0 saturated carbocycles. The summed E-state index contributed by atoms with van der Waals surface area (Å²) in [6, 6.07) is 4.84. The molecule has 2 rings (SSSR count).